The lowest BCUT2D eigenvalue weighted by atomic mass is 10.1. The smallest absolute Gasteiger partial charge is 0.344 e. The molecule has 0 bridgehead atoms. The molecule has 0 saturated heterocycles. The minimum absolute atomic E-state index is 0.0963. The van der Waals surface area contributed by atoms with Crippen LogP contribution in [0.1, 0.15) is 12.8 Å². The lowest BCUT2D eigenvalue weighted by Crippen LogP contribution is -2.26. The Morgan fingerprint density at radius 2 is 1.00 bits per heavy atom. The SMILES string of the molecule is O=C(COc1ccc(F)c2c(=O)c3ccccc3sc12)OCC(O)COCCCCOCC(O)COC(=O)COc1ccc(F)c2c(=O)c3ccccc3sc12. The third kappa shape index (κ3) is 10.0. The van der Waals surface area contributed by atoms with Crippen LogP contribution in [0.3, 0.4) is 0 Å². The van der Waals surface area contributed by atoms with Gasteiger partial charge in [0.2, 0.25) is 0 Å². The van der Waals surface area contributed by atoms with Crippen molar-refractivity contribution in [2.24, 2.45) is 0 Å². The van der Waals surface area contributed by atoms with E-state index in [2.05, 4.69) is 0 Å². The van der Waals surface area contributed by atoms with Crippen molar-refractivity contribution in [2.75, 3.05) is 52.9 Å². The number of benzene rings is 4. The maximum absolute atomic E-state index is 14.6. The zero-order valence-corrected chi connectivity index (χ0v) is 31.3. The molecular weight excluding hydrogens is 775 g/mol. The maximum Gasteiger partial charge on any atom is 0.344 e. The van der Waals surface area contributed by atoms with Crippen LogP contribution in [0, 0.1) is 11.6 Å². The van der Waals surface area contributed by atoms with Crippen LogP contribution in [0.5, 0.6) is 11.5 Å². The van der Waals surface area contributed by atoms with E-state index in [-0.39, 0.29) is 71.3 Å². The average Bonchev–Trinajstić information content (AvgIpc) is 3.19. The van der Waals surface area contributed by atoms with Gasteiger partial charge in [-0.05, 0) is 61.4 Å². The van der Waals surface area contributed by atoms with Crippen molar-refractivity contribution in [1.82, 2.24) is 0 Å². The van der Waals surface area contributed by atoms with Gasteiger partial charge in [0.25, 0.3) is 0 Å². The summed E-state index contributed by atoms with van der Waals surface area (Å²) >= 11 is 2.34. The lowest BCUT2D eigenvalue weighted by molar-refractivity contribution is -0.151. The number of fused-ring (bicyclic) bond motifs is 4. The molecule has 0 aliphatic carbocycles. The van der Waals surface area contributed by atoms with Crippen LogP contribution in [0.25, 0.3) is 40.3 Å². The van der Waals surface area contributed by atoms with E-state index in [0.717, 1.165) is 12.1 Å². The van der Waals surface area contributed by atoms with Gasteiger partial charge >= 0.3 is 11.9 Å². The van der Waals surface area contributed by atoms with E-state index in [1.807, 2.05) is 0 Å². The van der Waals surface area contributed by atoms with Gasteiger partial charge in [-0.25, -0.2) is 18.4 Å². The van der Waals surface area contributed by atoms with Crippen LogP contribution < -0.4 is 20.3 Å². The molecule has 2 heterocycles. The number of carbonyl (C=O) groups excluding carboxylic acids is 2. The normalized spacial score (nSPS) is 12.6. The van der Waals surface area contributed by atoms with Crippen molar-refractivity contribution >= 4 is 75.0 Å². The second-order valence-electron chi connectivity index (χ2n) is 12.5. The molecule has 0 amide bonds. The predicted octanol–water partition coefficient (Wildman–Crippen LogP) is 5.50. The Labute approximate surface area is 325 Å². The molecular formula is C40H36F2O12S2. The highest BCUT2D eigenvalue weighted by Gasteiger charge is 2.18. The lowest BCUT2D eigenvalue weighted by Gasteiger charge is -2.14. The minimum atomic E-state index is -1.09. The zero-order valence-electron chi connectivity index (χ0n) is 29.7. The summed E-state index contributed by atoms with van der Waals surface area (Å²) < 4.78 is 63.0. The van der Waals surface area contributed by atoms with E-state index < -0.39 is 59.9 Å². The molecule has 0 spiro atoms. The molecule has 2 atom stereocenters. The van der Waals surface area contributed by atoms with Gasteiger partial charge in [-0.1, -0.05) is 24.3 Å². The number of aliphatic hydroxyl groups excluding tert-OH is 2. The fourth-order valence-corrected chi connectivity index (χ4v) is 7.90. The van der Waals surface area contributed by atoms with Crippen molar-refractivity contribution in [1.29, 1.82) is 0 Å². The highest BCUT2D eigenvalue weighted by molar-refractivity contribution is 7.25. The quantitative estimate of drug-likeness (QED) is 0.0601. The third-order valence-electron chi connectivity index (χ3n) is 8.30. The van der Waals surface area contributed by atoms with Gasteiger partial charge in [0.1, 0.15) is 48.6 Å². The Hall–Kier alpha value is -5.10. The third-order valence-corrected chi connectivity index (χ3v) is 10.7. The summed E-state index contributed by atoms with van der Waals surface area (Å²) in [5.74, 6) is -2.60. The first kappa shape index (κ1) is 40.6. The number of rotatable bonds is 19. The van der Waals surface area contributed by atoms with Crippen LogP contribution in [-0.2, 0) is 28.5 Å². The standard InChI is InChI=1S/C40H36F2O12S2/c41-27-11-13-29(39-35(27)37(47)25-7-1-3-9-31(25)55-39)51-21-33(45)53-19-23(43)17-49-15-5-6-16-50-18-24(44)20-54-34(46)22-52-30-14-12-28(42)36-38(48)26-8-2-4-10-32(26)56-40(30)36/h1-4,7-14,23-24,43-44H,5-6,15-22H2. The summed E-state index contributed by atoms with van der Waals surface area (Å²) in [5, 5.41) is 20.8. The monoisotopic (exact) mass is 810 g/mol. The fourth-order valence-electron chi connectivity index (χ4n) is 5.59. The van der Waals surface area contributed by atoms with E-state index in [4.69, 9.17) is 28.4 Å². The number of hydrogen-bond donors (Lipinski definition) is 2. The Morgan fingerprint density at radius 3 is 1.43 bits per heavy atom. The molecule has 4 aromatic carbocycles. The van der Waals surface area contributed by atoms with Crippen LogP contribution in [0.2, 0.25) is 0 Å². The summed E-state index contributed by atoms with van der Waals surface area (Å²) in [5.41, 5.74) is -0.935. The number of hydrogen-bond acceptors (Lipinski definition) is 14. The largest absolute Gasteiger partial charge is 0.480 e. The van der Waals surface area contributed by atoms with Crippen molar-refractivity contribution in [3.05, 3.63) is 105 Å². The van der Waals surface area contributed by atoms with Crippen LogP contribution in [0.4, 0.5) is 8.78 Å². The predicted molar refractivity (Wildman–Crippen MR) is 207 cm³/mol. The molecule has 6 rings (SSSR count). The first-order valence-electron chi connectivity index (χ1n) is 17.5. The van der Waals surface area contributed by atoms with E-state index in [0.29, 0.717) is 33.0 Å². The summed E-state index contributed by atoms with van der Waals surface area (Å²) in [6.07, 6.45) is -1.05. The second-order valence-corrected chi connectivity index (χ2v) is 14.6. The van der Waals surface area contributed by atoms with Gasteiger partial charge in [-0.15, -0.1) is 22.7 Å². The molecule has 294 valence electrons. The zero-order chi connectivity index (χ0) is 39.6. The molecule has 0 aliphatic rings. The van der Waals surface area contributed by atoms with E-state index >= 15 is 0 Å². The summed E-state index contributed by atoms with van der Waals surface area (Å²) in [4.78, 5) is 50.2. The number of ether oxygens (including phenoxy) is 6. The Morgan fingerprint density at radius 1 is 0.589 bits per heavy atom. The minimum Gasteiger partial charge on any atom is -0.480 e. The van der Waals surface area contributed by atoms with E-state index in [1.54, 1.807) is 48.5 Å². The molecule has 2 unspecified atom stereocenters. The molecule has 0 aliphatic heterocycles. The second kappa shape index (κ2) is 19.2. The first-order chi connectivity index (χ1) is 27.1. The van der Waals surface area contributed by atoms with E-state index in [9.17, 15) is 38.2 Å². The summed E-state index contributed by atoms with van der Waals surface area (Å²) in [6.45, 7) is -1.36. The number of halogens is 2. The molecule has 2 aromatic heterocycles. The molecule has 6 aromatic rings. The van der Waals surface area contributed by atoms with Crippen molar-refractivity contribution < 1.29 is 57.0 Å². The van der Waals surface area contributed by atoms with Crippen LogP contribution >= 0.6 is 22.7 Å². The maximum atomic E-state index is 14.6. The molecule has 16 heteroatoms. The van der Waals surface area contributed by atoms with Gasteiger partial charge in [0, 0.05) is 33.4 Å². The number of aliphatic hydroxyl groups is 2. The highest BCUT2D eigenvalue weighted by Crippen LogP contribution is 2.35. The van der Waals surface area contributed by atoms with Crippen LogP contribution in [-0.4, -0.2) is 87.2 Å². The Balaban J connectivity index is 0.811. The van der Waals surface area contributed by atoms with Gasteiger partial charge < -0.3 is 38.6 Å². The Kier molecular flexibility index (Phi) is 13.9. The number of unbranched alkanes of at least 4 members (excludes halogenated alkanes) is 1. The molecule has 12 nitrogen and oxygen atoms in total. The van der Waals surface area contributed by atoms with Gasteiger partial charge in [0.15, 0.2) is 24.1 Å². The average molecular weight is 811 g/mol. The van der Waals surface area contributed by atoms with Gasteiger partial charge in [0.05, 0.1) is 33.4 Å². The highest BCUT2D eigenvalue weighted by atomic mass is 32.1. The van der Waals surface area contributed by atoms with Crippen molar-refractivity contribution in [3.63, 3.8) is 0 Å². The van der Waals surface area contributed by atoms with Gasteiger partial charge in [-0.3, -0.25) is 9.59 Å². The van der Waals surface area contributed by atoms with E-state index in [1.165, 1.54) is 34.8 Å². The van der Waals surface area contributed by atoms with Crippen LogP contribution in [0.15, 0.2) is 82.4 Å². The molecule has 2 N–H and O–H groups in total. The summed E-state index contributed by atoms with van der Waals surface area (Å²) in [6, 6.07) is 18.5. The Bertz CT molecular complexity index is 2300. The number of esters is 2. The molecule has 56 heavy (non-hydrogen) atoms. The number of carbonyl (C=O) groups is 2. The topological polar surface area (TPSA) is 164 Å². The summed E-state index contributed by atoms with van der Waals surface area (Å²) in [7, 11) is 0. The molecule has 0 radical (unpaired) electrons. The van der Waals surface area contributed by atoms with Crippen molar-refractivity contribution in [2.45, 2.75) is 25.0 Å². The van der Waals surface area contributed by atoms with Crippen molar-refractivity contribution in [3.8, 4) is 11.5 Å². The van der Waals surface area contributed by atoms with Gasteiger partial charge in [-0.2, -0.15) is 0 Å². The molecule has 0 fully saturated rings. The molecule has 0 saturated carbocycles. The fraction of sp³-hybridized carbons (Fsp3) is 0.300. The first-order valence-corrected chi connectivity index (χ1v) is 19.1.